The molecule has 0 radical (unpaired) electrons. The highest BCUT2D eigenvalue weighted by Gasteiger charge is 2.30. The molecule has 4 N–H and O–H groups in total. The molecule has 1 aromatic heterocycles. The van der Waals surface area contributed by atoms with Crippen molar-refractivity contribution in [2.45, 2.75) is 25.4 Å². The molecule has 2 rings (SSSR count). The molecule has 1 unspecified atom stereocenters. The highest BCUT2D eigenvalue weighted by atomic mass is 16.3. The lowest BCUT2D eigenvalue weighted by Gasteiger charge is -2.37. The van der Waals surface area contributed by atoms with Gasteiger partial charge in [-0.15, -0.1) is 0 Å². The maximum Gasteiger partial charge on any atom is 0.158 e. The molecule has 92 valence electrons. The van der Waals surface area contributed by atoms with Crippen molar-refractivity contribution in [3.8, 4) is 0 Å². The predicted molar refractivity (Wildman–Crippen MR) is 65.1 cm³/mol. The second kappa shape index (κ2) is 4.29. The minimum absolute atomic E-state index is 0.0988. The predicted octanol–water partition coefficient (Wildman–Crippen LogP) is 0.112. The third kappa shape index (κ3) is 2.52. The monoisotopic (exact) mass is 235 g/mol. The van der Waals surface area contributed by atoms with Crippen molar-refractivity contribution in [3.05, 3.63) is 18.1 Å². The molecule has 0 spiro atoms. The van der Waals surface area contributed by atoms with Gasteiger partial charge in [-0.05, 0) is 19.8 Å². The summed E-state index contributed by atoms with van der Waals surface area (Å²) in [5.74, 6) is 0.485. The van der Waals surface area contributed by atoms with Crippen molar-refractivity contribution in [1.29, 1.82) is 5.41 Å². The number of aliphatic hydroxyl groups is 1. The number of piperidine rings is 1. The fourth-order valence-electron chi connectivity index (χ4n) is 2.15. The average Bonchev–Trinajstić information content (AvgIpc) is 2.27. The van der Waals surface area contributed by atoms with Crippen LogP contribution in [0.1, 0.15) is 25.5 Å². The van der Waals surface area contributed by atoms with Crippen LogP contribution >= 0.6 is 0 Å². The second-order valence-electron chi connectivity index (χ2n) is 4.66. The number of nitrogen functional groups attached to an aromatic ring is 1. The van der Waals surface area contributed by atoms with Crippen LogP contribution in [-0.4, -0.2) is 39.6 Å². The summed E-state index contributed by atoms with van der Waals surface area (Å²) in [6.07, 6.45) is 4.76. The van der Waals surface area contributed by atoms with E-state index in [1.807, 2.05) is 11.8 Å². The first-order valence-electron chi connectivity index (χ1n) is 5.62. The lowest BCUT2D eigenvalue weighted by Crippen LogP contribution is -2.47. The number of nitrogens with one attached hydrogen (secondary N) is 1. The number of nitrogens with two attached hydrogens (primary N) is 1. The molecule has 2 heterocycles. The zero-order valence-corrected chi connectivity index (χ0v) is 9.85. The molecule has 17 heavy (non-hydrogen) atoms. The van der Waals surface area contributed by atoms with Crippen molar-refractivity contribution in [3.63, 3.8) is 0 Å². The molecular formula is C11H17N5O. The van der Waals surface area contributed by atoms with Gasteiger partial charge >= 0.3 is 0 Å². The van der Waals surface area contributed by atoms with E-state index < -0.39 is 5.60 Å². The fraction of sp³-hybridized carbons (Fsp3) is 0.545. The van der Waals surface area contributed by atoms with Crippen molar-refractivity contribution in [2.24, 2.45) is 5.73 Å². The minimum Gasteiger partial charge on any atom is -0.388 e. The summed E-state index contributed by atoms with van der Waals surface area (Å²) >= 11 is 0. The number of β-amino-alcohol motifs (C(OH)–C–C–N with tert-alkyl or cyclic N) is 1. The van der Waals surface area contributed by atoms with E-state index in [4.69, 9.17) is 11.1 Å². The number of anilines is 1. The number of hydrogen-bond acceptors (Lipinski definition) is 5. The molecule has 1 aliphatic rings. The molecule has 1 aliphatic heterocycles. The zero-order valence-electron chi connectivity index (χ0n) is 9.85. The van der Waals surface area contributed by atoms with Crippen LogP contribution in [0.2, 0.25) is 0 Å². The Hall–Kier alpha value is -1.69. The lowest BCUT2D eigenvalue weighted by molar-refractivity contribution is 0.0447. The quantitative estimate of drug-likeness (QED) is 0.499. The molecule has 0 amide bonds. The molecule has 0 saturated carbocycles. The Morgan fingerprint density at radius 2 is 2.24 bits per heavy atom. The number of aromatic nitrogens is 2. The summed E-state index contributed by atoms with van der Waals surface area (Å²) < 4.78 is 0. The summed E-state index contributed by atoms with van der Waals surface area (Å²) in [5.41, 5.74) is 5.14. The van der Waals surface area contributed by atoms with E-state index in [1.165, 1.54) is 6.20 Å². The van der Waals surface area contributed by atoms with Crippen LogP contribution in [0, 0.1) is 5.41 Å². The number of amidine groups is 1. The number of nitrogens with zero attached hydrogens (tertiary/aromatic N) is 3. The van der Waals surface area contributed by atoms with Crippen LogP contribution in [0.25, 0.3) is 0 Å². The molecule has 6 nitrogen and oxygen atoms in total. The summed E-state index contributed by atoms with van der Waals surface area (Å²) in [5, 5.41) is 17.5. The third-order valence-electron chi connectivity index (χ3n) is 2.91. The van der Waals surface area contributed by atoms with E-state index in [9.17, 15) is 5.11 Å². The van der Waals surface area contributed by atoms with Crippen molar-refractivity contribution in [2.75, 3.05) is 18.0 Å². The Morgan fingerprint density at radius 1 is 1.53 bits per heavy atom. The molecule has 6 heteroatoms. The Bertz CT molecular complexity index is 432. The van der Waals surface area contributed by atoms with Crippen LogP contribution in [0.15, 0.2) is 12.4 Å². The Kier molecular flexibility index (Phi) is 2.97. The van der Waals surface area contributed by atoms with Crippen LogP contribution in [0.3, 0.4) is 0 Å². The molecule has 1 fully saturated rings. The Labute approximate surface area is 100.0 Å². The molecule has 1 saturated heterocycles. The van der Waals surface area contributed by atoms with Gasteiger partial charge in [0, 0.05) is 25.5 Å². The maximum absolute atomic E-state index is 10.1. The summed E-state index contributed by atoms with van der Waals surface area (Å²) in [4.78, 5) is 10.2. The second-order valence-corrected chi connectivity index (χ2v) is 4.66. The highest BCUT2D eigenvalue weighted by Crippen LogP contribution is 2.25. The molecule has 0 aliphatic carbocycles. The van der Waals surface area contributed by atoms with Crippen molar-refractivity contribution < 1.29 is 5.11 Å². The normalized spacial score (nSPS) is 24.7. The Balaban J connectivity index is 2.30. The van der Waals surface area contributed by atoms with Gasteiger partial charge in [0.15, 0.2) is 5.82 Å². The Morgan fingerprint density at radius 3 is 2.88 bits per heavy atom. The average molecular weight is 235 g/mol. The van der Waals surface area contributed by atoms with Gasteiger partial charge in [-0.2, -0.15) is 0 Å². The van der Waals surface area contributed by atoms with Gasteiger partial charge in [-0.25, -0.2) is 9.97 Å². The molecule has 0 bridgehead atoms. The van der Waals surface area contributed by atoms with Crippen LogP contribution in [0.4, 0.5) is 5.82 Å². The standard InChI is InChI=1S/C11H17N5O/c1-11(17)3-2-6-16(7-11)10-8(9(12)13)14-4-5-15-10/h4-5,17H,2-3,6-7H2,1H3,(H3,12,13). The third-order valence-corrected chi connectivity index (χ3v) is 2.91. The van der Waals surface area contributed by atoms with Gasteiger partial charge in [0.25, 0.3) is 0 Å². The summed E-state index contributed by atoms with van der Waals surface area (Å²) in [6, 6.07) is 0. The van der Waals surface area contributed by atoms with Crippen molar-refractivity contribution in [1.82, 2.24) is 9.97 Å². The fourth-order valence-corrected chi connectivity index (χ4v) is 2.15. The van der Waals surface area contributed by atoms with Crippen LogP contribution < -0.4 is 10.6 Å². The zero-order chi connectivity index (χ0) is 12.5. The molecule has 0 aromatic carbocycles. The van der Waals surface area contributed by atoms with Crippen LogP contribution in [0.5, 0.6) is 0 Å². The van der Waals surface area contributed by atoms with E-state index in [1.54, 1.807) is 6.20 Å². The largest absolute Gasteiger partial charge is 0.388 e. The molecule has 1 aromatic rings. The highest BCUT2D eigenvalue weighted by molar-refractivity contribution is 5.97. The van der Waals surface area contributed by atoms with E-state index in [2.05, 4.69) is 9.97 Å². The minimum atomic E-state index is -0.718. The van der Waals surface area contributed by atoms with E-state index in [0.717, 1.165) is 19.4 Å². The maximum atomic E-state index is 10.1. The number of hydrogen-bond donors (Lipinski definition) is 3. The first-order chi connectivity index (χ1) is 7.99. The van der Waals surface area contributed by atoms with Gasteiger partial charge in [0.2, 0.25) is 0 Å². The lowest BCUT2D eigenvalue weighted by atomic mass is 9.95. The molecular weight excluding hydrogens is 218 g/mol. The van der Waals surface area contributed by atoms with E-state index in [-0.39, 0.29) is 5.84 Å². The number of rotatable bonds is 2. The van der Waals surface area contributed by atoms with E-state index in [0.29, 0.717) is 18.1 Å². The SMILES string of the molecule is CC1(O)CCCN(c2nccnc2C(=N)N)C1. The summed E-state index contributed by atoms with van der Waals surface area (Å²) in [7, 11) is 0. The van der Waals surface area contributed by atoms with Gasteiger partial charge < -0.3 is 15.7 Å². The topological polar surface area (TPSA) is 99.1 Å². The van der Waals surface area contributed by atoms with Gasteiger partial charge in [-0.3, -0.25) is 5.41 Å². The molecule has 1 atom stereocenters. The van der Waals surface area contributed by atoms with Gasteiger partial charge in [0.1, 0.15) is 11.5 Å². The first kappa shape index (κ1) is 11.8. The van der Waals surface area contributed by atoms with Crippen LogP contribution in [-0.2, 0) is 0 Å². The van der Waals surface area contributed by atoms with Gasteiger partial charge in [0.05, 0.1) is 5.60 Å². The van der Waals surface area contributed by atoms with Gasteiger partial charge in [-0.1, -0.05) is 0 Å². The smallest absolute Gasteiger partial charge is 0.158 e. The first-order valence-corrected chi connectivity index (χ1v) is 5.62. The van der Waals surface area contributed by atoms with Crippen molar-refractivity contribution >= 4 is 11.7 Å². The van der Waals surface area contributed by atoms with E-state index >= 15 is 0 Å². The summed E-state index contributed by atoms with van der Waals surface area (Å²) in [6.45, 7) is 3.10.